The molecule has 0 saturated carbocycles. The van der Waals surface area contributed by atoms with E-state index in [0.717, 1.165) is 15.4 Å². The van der Waals surface area contributed by atoms with Crippen molar-refractivity contribution in [3.05, 3.63) is 48.0 Å². The minimum absolute atomic E-state index is 0.0221. The van der Waals surface area contributed by atoms with Gasteiger partial charge < -0.3 is 14.9 Å². The van der Waals surface area contributed by atoms with Crippen molar-refractivity contribution in [2.45, 2.75) is 16.2 Å². The van der Waals surface area contributed by atoms with Gasteiger partial charge in [0.25, 0.3) is 0 Å². The van der Waals surface area contributed by atoms with E-state index in [1.807, 2.05) is 18.2 Å². The van der Waals surface area contributed by atoms with Crippen LogP contribution in [0.4, 0.5) is 0 Å². The number of hydrogen-bond acceptors (Lipinski definition) is 4. The van der Waals surface area contributed by atoms with Gasteiger partial charge in [0.2, 0.25) is 0 Å². The van der Waals surface area contributed by atoms with Gasteiger partial charge in [-0.05, 0) is 35.9 Å². The monoisotopic (exact) mass is 290 g/mol. The Hall–Kier alpha value is -2.14. The van der Waals surface area contributed by atoms with Gasteiger partial charge in [-0.2, -0.15) is 0 Å². The van der Waals surface area contributed by atoms with Crippen molar-refractivity contribution in [1.82, 2.24) is 0 Å². The highest BCUT2D eigenvalue weighted by Crippen LogP contribution is 2.34. The Balaban J connectivity index is 2.10. The number of benzene rings is 2. The first kappa shape index (κ1) is 14.3. The van der Waals surface area contributed by atoms with Crippen LogP contribution in [0.3, 0.4) is 0 Å². The van der Waals surface area contributed by atoms with Gasteiger partial charge in [-0.3, -0.25) is 4.79 Å². The lowest BCUT2D eigenvalue weighted by Gasteiger charge is -2.06. The average molecular weight is 290 g/mol. The van der Waals surface area contributed by atoms with E-state index in [1.165, 1.54) is 18.9 Å². The van der Waals surface area contributed by atoms with Crippen molar-refractivity contribution in [3.8, 4) is 11.5 Å². The average Bonchev–Trinajstić information content (AvgIpc) is 2.41. The Morgan fingerprint density at radius 3 is 2.35 bits per heavy atom. The molecule has 0 aromatic heterocycles. The van der Waals surface area contributed by atoms with Crippen molar-refractivity contribution < 1.29 is 19.7 Å². The fraction of sp³-hybridized carbons (Fsp3) is 0.133. The minimum atomic E-state index is -0.842. The Morgan fingerprint density at radius 1 is 1.15 bits per heavy atom. The Morgan fingerprint density at radius 2 is 1.80 bits per heavy atom. The van der Waals surface area contributed by atoms with Gasteiger partial charge in [-0.25, -0.2) is 0 Å². The van der Waals surface area contributed by atoms with Gasteiger partial charge in [0.1, 0.15) is 0 Å². The van der Waals surface area contributed by atoms with Crippen LogP contribution in [0.5, 0.6) is 11.5 Å². The number of aromatic hydroxyl groups is 1. The summed E-state index contributed by atoms with van der Waals surface area (Å²) in [6, 6.07) is 12.5. The SMILES string of the molecule is COc1ccc(Sc2ccc(CC(=O)O)cc2)cc1O. The molecule has 2 aromatic carbocycles. The maximum absolute atomic E-state index is 10.6. The van der Waals surface area contributed by atoms with Crippen LogP contribution in [-0.2, 0) is 11.2 Å². The van der Waals surface area contributed by atoms with Crippen molar-refractivity contribution in [1.29, 1.82) is 0 Å². The van der Waals surface area contributed by atoms with Crippen LogP contribution in [0.25, 0.3) is 0 Å². The van der Waals surface area contributed by atoms with Crippen LogP contribution in [0.2, 0.25) is 0 Å². The lowest BCUT2D eigenvalue weighted by Crippen LogP contribution is -1.99. The number of aliphatic carboxylic acids is 1. The molecule has 104 valence electrons. The van der Waals surface area contributed by atoms with Crippen LogP contribution in [0.1, 0.15) is 5.56 Å². The molecule has 0 spiro atoms. The quantitative estimate of drug-likeness (QED) is 0.885. The molecule has 20 heavy (non-hydrogen) atoms. The number of hydrogen-bond donors (Lipinski definition) is 2. The fourth-order valence-corrected chi connectivity index (χ4v) is 2.57. The number of ether oxygens (including phenoxy) is 1. The van der Waals surface area contributed by atoms with Gasteiger partial charge in [-0.15, -0.1) is 0 Å². The summed E-state index contributed by atoms with van der Waals surface area (Å²) in [4.78, 5) is 12.5. The molecule has 2 aromatic rings. The third-order valence-electron chi connectivity index (χ3n) is 2.66. The number of phenols is 1. The zero-order valence-electron chi connectivity index (χ0n) is 10.9. The van der Waals surface area contributed by atoms with Gasteiger partial charge in [-0.1, -0.05) is 23.9 Å². The minimum Gasteiger partial charge on any atom is -0.504 e. The lowest BCUT2D eigenvalue weighted by molar-refractivity contribution is -0.136. The first-order valence-corrected chi connectivity index (χ1v) is 6.75. The molecule has 0 heterocycles. The first-order valence-electron chi connectivity index (χ1n) is 5.94. The number of carbonyl (C=O) groups is 1. The number of phenolic OH excluding ortho intramolecular Hbond substituents is 1. The van der Waals surface area contributed by atoms with E-state index >= 15 is 0 Å². The van der Waals surface area contributed by atoms with E-state index in [0.29, 0.717) is 5.75 Å². The van der Waals surface area contributed by atoms with E-state index in [2.05, 4.69) is 0 Å². The summed E-state index contributed by atoms with van der Waals surface area (Å²) in [5.74, 6) is -0.309. The smallest absolute Gasteiger partial charge is 0.307 e. The van der Waals surface area contributed by atoms with E-state index in [-0.39, 0.29) is 12.2 Å². The Kier molecular flexibility index (Phi) is 4.53. The number of rotatable bonds is 5. The second-order valence-electron chi connectivity index (χ2n) is 4.15. The van der Waals surface area contributed by atoms with Crippen LogP contribution in [-0.4, -0.2) is 23.3 Å². The number of carboxylic acids is 1. The predicted molar refractivity (Wildman–Crippen MR) is 76.6 cm³/mol. The van der Waals surface area contributed by atoms with Crippen molar-refractivity contribution in [2.24, 2.45) is 0 Å². The molecule has 0 unspecified atom stereocenters. The lowest BCUT2D eigenvalue weighted by atomic mass is 10.2. The molecule has 0 amide bonds. The first-order chi connectivity index (χ1) is 9.58. The van der Waals surface area contributed by atoms with Crippen LogP contribution in [0, 0.1) is 0 Å². The molecule has 2 rings (SSSR count). The van der Waals surface area contributed by atoms with E-state index in [1.54, 1.807) is 24.3 Å². The maximum atomic E-state index is 10.6. The largest absolute Gasteiger partial charge is 0.504 e. The predicted octanol–water partition coefficient (Wildman–Crippen LogP) is 3.18. The van der Waals surface area contributed by atoms with Gasteiger partial charge in [0.15, 0.2) is 11.5 Å². The molecule has 5 heteroatoms. The van der Waals surface area contributed by atoms with Gasteiger partial charge in [0.05, 0.1) is 13.5 Å². The van der Waals surface area contributed by atoms with Crippen molar-refractivity contribution in [2.75, 3.05) is 7.11 Å². The van der Waals surface area contributed by atoms with Crippen molar-refractivity contribution in [3.63, 3.8) is 0 Å². The molecule has 0 aliphatic carbocycles. The normalized spacial score (nSPS) is 10.2. The molecule has 0 bridgehead atoms. The van der Waals surface area contributed by atoms with Crippen molar-refractivity contribution >= 4 is 17.7 Å². The second-order valence-corrected chi connectivity index (χ2v) is 5.30. The molecule has 0 saturated heterocycles. The molecular formula is C15H14O4S. The summed E-state index contributed by atoms with van der Waals surface area (Å²) in [6.45, 7) is 0. The molecule has 0 radical (unpaired) electrons. The second kappa shape index (κ2) is 6.34. The summed E-state index contributed by atoms with van der Waals surface area (Å²) in [7, 11) is 1.50. The number of carboxylic acid groups (broad SMARTS) is 1. The highest BCUT2D eigenvalue weighted by atomic mass is 32.2. The molecule has 0 fully saturated rings. The zero-order chi connectivity index (χ0) is 14.5. The fourth-order valence-electron chi connectivity index (χ4n) is 1.72. The van der Waals surface area contributed by atoms with Gasteiger partial charge in [0, 0.05) is 9.79 Å². The maximum Gasteiger partial charge on any atom is 0.307 e. The molecule has 0 atom stereocenters. The zero-order valence-corrected chi connectivity index (χ0v) is 11.7. The topological polar surface area (TPSA) is 66.8 Å². The number of methoxy groups -OCH3 is 1. The molecule has 0 aliphatic heterocycles. The Bertz CT molecular complexity index is 608. The van der Waals surface area contributed by atoms with E-state index in [9.17, 15) is 9.90 Å². The van der Waals surface area contributed by atoms with Crippen LogP contribution < -0.4 is 4.74 Å². The molecule has 2 N–H and O–H groups in total. The summed E-state index contributed by atoms with van der Waals surface area (Å²) in [6.07, 6.45) is 0.0221. The van der Waals surface area contributed by atoms with E-state index < -0.39 is 5.97 Å². The standard InChI is InChI=1S/C15H14O4S/c1-19-14-7-6-12(9-13(14)16)20-11-4-2-10(3-5-11)8-15(17)18/h2-7,9,16H,8H2,1H3,(H,17,18). The summed E-state index contributed by atoms with van der Waals surface area (Å²) in [5.41, 5.74) is 0.763. The van der Waals surface area contributed by atoms with E-state index in [4.69, 9.17) is 9.84 Å². The third kappa shape index (κ3) is 3.68. The van der Waals surface area contributed by atoms with Crippen LogP contribution >= 0.6 is 11.8 Å². The summed E-state index contributed by atoms with van der Waals surface area (Å²) in [5, 5.41) is 18.4. The highest BCUT2D eigenvalue weighted by molar-refractivity contribution is 7.99. The molecule has 0 aliphatic rings. The third-order valence-corrected chi connectivity index (χ3v) is 3.66. The molecular weight excluding hydrogens is 276 g/mol. The molecule has 4 nitrogen and oxygen atoms in total. The van der Waals surface area contributed by atoms with Crippen LogP contribution in [0.15, 0.2) is 52.3 Å². The summed E-state index contributed by atoms with van der Waals surface area (Å²) < 4.78 is 4.99. The highest BCUT2D eigenvalue weighted by Gasteiger charge is 2.05. The Labute approximate surface area is 121 Å². The summed E-state index contributed by atoms with van der Waals surface area (Å²) >= 11 is 1.49. The van der Waals surface area contributed by atoms with Gasteiger partial charge >= 0.3 is 5.97 Å².